The van der Waals surface area contributed by atoms with Crippen LogP contribution in [0.15, 0.2) is 11.4 Å². The molecule has 1 aromatic heterocycles. The molecule has 0 aliphatic carbocycles. The van der Waals surface area contributed by atoms with Gasteiger partial charge in [-0.05, 0) is 51.6 Å². The summed E-state index contributed by atoms with van der Waals surface area (Å²) in [6, 6.07) is 2.13. The number of hydrogen-bond donors (Lipinski definition) is 2. The highest BCUT2D eigenvalue weighted by Crippen LogP contribution is 2.22. The van der Waals surface area contributed by atoms with Gasteiger partial charge >= 0.3 is 6.09 Å². The molecule has 1 amide bonds. The Kier molecular flexibility index (Phi) is 4.54. The van der Waals surface area contributed by atoms with Crippen molar-refractivity contribution in [2.45, 2.75) is 46.3 Å². The highest BCUT2D eigenvalue weighted by Gasteiger charge is 2.17. The molecule has 0 saturated carbocycles. The second-order valence-corrected chi connectivity index (χ2v) is 5.91. The minimum Gasteiger partial charge on any atom is -0.443 e. The Morgan fingerprint density at radius 2 is 2.12 bits per heavy atom. The van der Waals surface area contributed by atoms with Crippen LogP contribution in [0.5, 0.6) is 0 Å². The zero-order valence-corrected chi connectivity index (χ0v) is 11.8. The highest BCUT2D eigenvalue weighted by molar-refractivity contribution is 7.10. The van der Waals surface area contributed by atoms with Crippen LogP contribution in [0.3, 0.4) is 0 Å². The Bertz CT molecular complexity index is 382. The first-order valence-electron chi connectivity index (χ1n) is 5.58. The number of carbonyl (C=O) groups is 1. The molecule has 0 fully saturated rings. The van der Waals surface area contributed by atoms with E-state index in [0.717, 1.165) is 0 Å². The van der Waals surface area contributed by atoms with E-state index in [1.54, 1.807) is 11.3 Å². The predicted molar refractivity (Wildman–Crippen MR) is 70.0 cm³/mol. The topological polar surface area (TPSA) is 50.4 Å². The van der Waals surface area contributed by atoms with Gasteiger partial charge in [0.25, 0.3) is 0 Å². The lowest BCUT2D eigenvalue weighted by molar-refractivity contribution is 0.0489. The third kappa shape index (κ3) is 4.75. The lowest BCUT2D eigenvalue weighted by atomic mass is 10.2. The van der Waals surface area contributed by atoms with E-state index < -0.39 is 11.7 Å². The first-order chi connectivity index (χ1) is 7.79. The summed E-state index contributed by atoms with van der Waals surface area (Å²) in [5.41, 5.74) is 6.23. The van der Waals surface area contributed by atoms with Crippen molar-refractivity contribution in [3.8, 4) is 0 Å². The Balaban J connectivity index is 2.41. The first-order valence-corrected chi connectivity index (χ1v) is 6.46. The maximum absolute atomic E-state index is 11.4. The Hall–Kier alpha value is -1.07. The molecular formula is C12H20N2O2S. The number of thiophene rings is 1. The number of ether oxygens (including phenoxy) is 1. The van der Waals surface area contributed by atoms with Gasteiger partial charge in [0.1, 0.15) is 5.60 Å². The van der Waals surface area contributed by atoms with Gasteiger partial charge in [-0.15, -0.1) is 11.3 Å². The minimum atomic E-state index is -0.478. The summed E-state index contributed by atoms with van der Waals surface area (Å²) in [5.74, 6) is 0. The highest BCUT2D eigenvalue weighted by atomic mass is 32.1. The van der Waals surface area contributed by atoms with Gasteiger partial charge in [-0.3, -0.25) is 5.43 Å². The molecule has 1 atom stereocenters. The van der Waals surface area contributed by atoms with E-state index in [0.29, 0.717) is 0 Å². The molecule has 17 heavy (non-hydrogen) atoms. The summed E-state index contributed by atoms with van der Waals surface area (Å²) in [7, 11) is 0. The van der Waals surface area contributed by atoms with E-state index in [4.69, 9.17) is 4.74 Å². The van der Waals surface area contributed by atoms with Crippen molar-refractivity contribution < 1.29 is 9.53 Å². The van der Waals surface area contributed by atoms with Crippen LogP contribution in [0.2, 0.25) is 0 Å². The fourth-order valence-electron chi connectivity index (χ4n) is 1.36. The monoisotopic (exact) mass is 256 g/mol. The fourth-order valence-corrected chi connectivity index (χ4v) is 2.30. The van der Waals surface area contributed by atoms with E-state index in [9.17, 15) is 4.79 Å². The number of nitrogens with one attached hydrogen (secondary N) is 2. The van der Waals surface area contributed by atoms with Crippen molar-refractivity contribution >= 4 is 17.4 Å². The molecule has 1 aromatic rings. The van der Waals surface area contributed by atoms with Crippen LogP contribution in [0.25, 0.3) is 0 Å². The van der Waals surface area contributed by atoms with Crippen LogP contribution >= 0.6 is 11.3 Å². The maximum atomic E-state index is 11.4. The van der Waals surface area contributed by atoms with Gasteiger partial charge < -0.3 is 4.74 Å². The summed E-state index contributed by atoms with van der Waals surface area (Å²) < 4.78 is 5.13. The van der Waals surface area contributed by atoms with Gasteiger partial charge in [0, 0.05) is 4.88 Å². The van der Waals surface area contributed by atoms with Crippen LogP contribution in [-0.2, 0) is 4.74 Å². The van der Waals surface area contributed by atoms with Crippen molar-refractivity contribution in [3.63, 3.8) is 0 Å². The van der Waals surface area contributed by atoms with E-state index in [1.165, 1.54) is 10.4 Å². The first kappa shape index (κ1) is 14.0. The van der Waals surface area contributed by atoms with Gasteiger partial charge in [-0.1, -0.05) is 0 Å². The van der Waals surface area contributed by atoms with Gasteiger partial charge in [-0.2, -0.15) is 0 Å². The number of hydrogen-bond acceptors (Lipinski definition) is 4. The normalized spacial score (nSPS) is 13.2. The average Bonchev–Trinajstić information content (AvgIpc) is 2.58. The predicted octanol–water partition coefficient (Wildman–Crippen LogP) is 3.15. The molecule has 4 nitrogen and oxygen atoms in total. The molecule has 0 aliphatic heterocycles. The zero-order chi connectivity index (χ0) is 13.1. The van der Waals surface area contributed by atoms with E-state index in [-0.39, 0.29) is 6.04 Å². The molecule has 0 radical (unpaired) electrons. The second-order valence-electron chi connectivity index (χ2n) is 4.96. The number of rotatable bonds is 3. The van der Waals surface area contributed by atoms with Gasteiger partial charge in [0.15, 0.2) is 0 Å². The van der Waals surface area contributed by atoms with Gasteiger partial charge in [-0.25, -0.2) is 10.2 Å². The summed E-state index contributed by atoms with van der Waals surface area (Å²) in [5, 5.41) is 2.04. The Labute approximate surface area is 106 Å². The fraction of sp³-hybridized carbons (Fsp3) is 0.583. The Morgan fingerprint density at radius 1 is 1.47 bits per heavy atom. The number of aryl methyl sites for hydroxylation is 1. The molecule has 96 valence electrons. The van der Waals surface area contributed by atoms with E-state index >= 15 is 0 Å². The molecule has 0 aliphatic rings. The quantitative estimate of drug-likeness (QED) is 0.817. The van der Waals surface area contributed by atoms with E-state index in [1.807, 2.05) is 33.1 Å². The van der Waals surface area contributed by atoms with Gasteiger partial charge in [0.05, 0.1) is 6.04 Å². The van der Waals surface area contributed by atoms with Crippen molar-refractivity contribution in [1.82, 2.24) is 10.9 Å². The molecule has 0 saturated heterocycles. The average molecular weight is 256 g/mol. The van der Waals surface area contributed by atoms with Crippen LogP contribution in [0, 0.1) is 6.92 Å². The second kappa shape index (κ2) is 5.51. The number of hydrazine groups is 1. The molecule has 1 rings (SSSR count). The van der Waals surface area contributed by atoms with Crippen molar-refractivity contribution in [1.29, 1.82) is 0 Å². The SMILES string of the molecule is Cc1ccsc1C(C)NNC(=O)OC(C)(C)C. The van der Waals surface area contributed by atoms with Gasteiger partial charge in [0.2, 0.25) is 0 Å². The number of carbonyl (C=O) groups excluding carboxylic acids is 1. The summed E-state index contributed by atoms with van der Waals surface area (Å²) in [4.78, 5) is 12.6. The van der Waals surface area contributed by atoms with Crippen molar-refractivity contribution in [2.75, 3.05) is 0 Å². The molecule has 2 N–H and O–H groups in total. The minimum absolute atomic E-state index is 0.0718. The summed E-state index contributed by atoms with van der Waals surface area (Å²) >= 11 is 1.67. The van der Waals surface area contributed by atoms with E-state index in [2.05, 4.69) is 23.8 Å². The van der Waals surface area contributed by atoms with Crippen LogP contribution < -0.4 is 10.9 Å². The zero-order valence-electron chi connectivity index (χ0n) is 11.0. The molecular weight excluding hydrogens is 236 g/mol. The summed E-state index contributed by atoms with van der Waals surface area (Å²) in [6.07, 6.45) is -0.460. The Morgan fingerprint density at radius 3 is 2.59 bits per heavy atom. The molecule has 1 heterocycles. The number of amides is 1. The van der Waals surface area contributed by atoms with Crippen LogP contribution in [-0.4, -0.2) is 11.7 Å². The lowest BCUT2D eigenvalue weighted by Crippen LogP contribution is -2.42. The third-order valence-corrected chi connectivity index (χ3v) is 3.29. The van der Waals surface area contributed by atoms with Crippen molar-refractivity contribution in [2.24, 2.45) is 0 Å². The van der Waals surface area contributed by atoms with Crippen LogP contribution in [0.1, 0.15) is 44.2 Å². The maximum Gasteiger partial charge on any atom is 0.422 e. The lowest BCUT2D eigenvalue weighted by Gasteiger charge is -2.21. The molecule has 1 unspecified atom stereocenters. The molecule has 0 aromatic carbocycles. The molecule has 0 bridgehead atoms. The van der Waals surface area contributed by atoms with Crippen LogP contribution in [0.4, 0.5) is 4.79 Å². The molecule has 0 spiro atoms. The van der Waals surface area contributed by atoms with Crippen molar-refractivity contribution in [3.05, 3.63) is 21.9 Å². The summed E-state index contributed by atoms with van der Waals surface area (Å²) in [6.45, 7) is 9.55. The third-order valence-electron chi connectivity index (χ3n) is 2.08. The molecule has 5 heteroatoms. The largest absolute Gasteiger partial charge is 0.443 e. The standard InChI is InChI=1S/C12H20N2O2S/c1-8-6-7-17-10(8)9(2)13-14-11(15)16-12(3,4)5/h6-7,9,13H,1-5H3,(H,14,15). The smallest absolute Gasteiger partial charge is 0.422 e.